The molecule has 0 unspecified atom stereocenters. The molecule has 29 heavy (non-hydrogen) atoms. The Kier molecular flexibility index (Phi) is 6.23. The van der Waals surface area contributed by atoms with Crippen molar-refractivity contribution in [2.24, 2.45) is 0 Å². The Balaban J connectivity index is 1.67. The Morgan fingerprint density at radius 2 is 1.59 bits per heavy atom. The van der Waals surface area contributed by atoms with Gasteiger partial charge in [0.05, 0.1) is 12.2 Å². The zero-order valence-corrected chi connectivity index (χ0v) is 17.4. The van der Waals surface area contributed by atoms with Gasteiger partial charge >= 0.3 is 0 Å². The predicted molar refractivity (Wildman–Crippen MR) is 112 cm³/mol. The molecule has 3 aliphatic rings. The van der Waals surface area contributed by atoms with E-state index in [0.29, 0.717) is 35.9 Å². The number of β-amino-alcohol motifs (C(OH)–C–C–N with tert-alkyl or cyclic N) is 1. The molecule has 0 spiro atoms. The summed E-state index contributed by atoms with van der Waals surface area (Å²) in [7, 11) is 0. The van der Waals surface area contributed by atoms with Gasteiger partial charge in [-0.1, -0.05) is 43.0 Å². The number of carbonyl (C=O) groups excluding carboxylic acids is 2. The number of rotatable bonds is 5. The molecule has 156 valence electrons. The Morgan fingerprint density at radius 3 is 2.21 bits per heavy atom. The van der Waals surface area contributed by atoms with Crippen LogP contribution in [0.4, 0.5) is 0 Å². The van der Waals surface area contributed by atoms with Gasteiger partial charge in [-0.25, -0.2) is 0 Å². The maximum Gasteiger partial charge on any atom is 0.278 e. The summed E-state index contributed by atoms with van der Waals surface area (Å²) in [5.74, 6) is -0.320. The van der Waals surface area contributed by atoms with Gasteiger partial charge in [-0.3, -0.25) is 19.4 Å². The van der Waals surface area contributed by atoms with Crippen LogP contribution in [0, 0.1) is 0 Å². The molecule has 2 fully saturated rings. The quantitative estimate of drug-likeness (QED) is 0.745. The van der Waals surface area contributed by atoms with Crippen molar-refractivity contribution in [3.8, 4) is 0 Å². The molecule has 1 aromatic rings. The molecule has 7 heteroatoms. The molecule has 2 aliphatic heterocycles. The number of imide groups is 1. The molecule has 1 N–H and O–H groups in total. The fraction of sp³-hybridized carbons (Fsp3) is 0.545. The number of piperazine rings is 1. The van der Waals surface area contributed by atoms with Crippen LogP contribution in [0.25, 0.3) is 5.57 Å². The summed E-state index contributed by atoms with van der Waals surface area (Å²) in [6.45, 7) is 3.64. The second kappa shape index (κ2) is 8.86. The lowest BCUT2D eigenvalue weighted by molar-refractivity contribution is -0.141. The summed E-state index contributed by atoms with van der Waals surface area (Å²) in [5.41, 5.74) is 1.79. The van der Waals surface area contributed by atoms with Crippen molar-refractivity contribution in [1.29, 1.82) is 0 Å². The van der Waals surface area contributed by atoms with E-state index >= 15 is 0 Å². The molecular weight excluding hydrogens is 390 g/mol. The van der Waals surface area contributed by atoms with Gasteiger partial charge in [-0.05, 0) is 30.5 Å². The van der Waals surface area contributed by atoms with Crippen LogP contribution in [-0.4, -0.2) is 77.0 Å². The molecule has 2 heterocycles. The highest BCUT2D eigenvalue weighted by Gasteiger charge is 2.45. The van der Waals surface area contributed by atoms with Gasteiger partial charge in [0.15, 0.2) is 0 Å². The van der Waals surface area contributed by atoms with Crippen LogP contribution in [0.5, 0.6) is 0 Å². The average molecular weight is 418 g/mol. The normalized spacial score (nSPS) is 22.1. The van der Waals surface area contributed by atoms with Gasteiger partial charge in [0.1, 0.15) is 5.70 Å². The fourth-order valence-electron chi connectivity index (χ4n) is 4.71. The van der Waals surface area contributed by atoms with E-state index in [-0.39, 0.29) is 24.5 Å². The minimum atomic E-state index is -0.169. The van der Waals surface area contributed by atoms with Crippen LogP contribution in [0.15, 0.2) is 30.0 Å². The molecular formula is C22H28ClN3O3. The third-order valence-electron chi connectivity index (χ3n) is 6.27. The number of amides is 2. The minimum absolute atomic E-state index is 0.000715. The van der Waals surface area contributed by atoms with E-state index in [2.05, 4.69) is 9.80 Å². The summed E-state index contributed by atoms with van der Waals surface area (Å²) >= 11 is 6.05. The highest BCUT2D eigenvalue weighted by atomic mass is 35.5. The predicted octanol–water partition coefficient (Wildman–Crippen LogP) is 2.36. The first-order valence-electron chi connectivity index (χ1n) is 10.6. The van der Waals surface area contributed by atoms with Gasteiger partial charge in [-0.15, -0.1) is 0 Å². The number of nitrogens with zero attached hydrogens (tertiary/aromatic N) is 3. The Bertz CT molecular complexity index is 794. The standard InChI is InChI=1S/C22H28ClN3O3/c23-17-8-6-16(7-9-17)19-20(25-12-10-24(11-13-25)14-15-27)22(29)26(21(19)28)18-4-2-1-3-5-18/h6-9,18,27H,1-5,10-15H2. The van der Waals surface area contributed by atoms with Crippen LogP contribution in [0.2, 0.25) is 5.02 Å². The molecule has 1 aromatic carbocycles. The Labute approximate surface area is 176 Å². The first-order chi connectivity index (χ1) is 14.1. The first-order valence-corrected chi connectivity index (χ1v) is 10.9. The maximum atomic E-state index is 13.5. The van der Waals surface area contributed by atoms with E-state index in [0.717, 1.165) is 44.3 Å². The number of halogens is 1. The lowest BCUT2D eigenvalue weighted by atomic mass is 9.94. The highest BCUT2D eigenvalue weighted by molar-refractivity contribution is 6.36. The monoisotopic (exact) mass is 417 g/mol. The lowest BCUT2D eigenvalue weighted by Crippen LogP contribution is -2.49. The maximum absolute atomic E-state index is 13.5. The summed E-state index contributed by atoms with van der Waals surface area (Å²) < 4.78 is 0. The van der Waals surface area contributed by atoms with E-state index < -0.39 is 0 Å². The zero-order chi connectivity index (χ0) is 20.4. The topological polar surface area (TPSA) is 64.1 Å². The van der Waals surface area contributed by atoms with Gasteiger partial charge in [-0.2, -0.15) is 0 Å². The van der Waals surface area contributed by atoms with Gasteiger partial charge in [0.2, 0.25) is 0 Å². The highest BCUT2D eigenvalue weighted by Crippen LogP contribution is 2.36. The second-order valence-electron chi connectivity index (χ2n) is 8.05. The number of benzene rings is 1. The number of carbonyl (C=O) groups is 2. The van der Waals surface area contributed by atoms with Crippen molar-refractivity contribution < 1.29 is 14.7 Å². The molecule has 1 saturated heterocycles. The first kappa shape index (κ1) is 20.4. The Hall–Kier alpha value is -1.89. The molecule has 2 amide bonds. The van der Waals surface area contributed by atoms with E-state index in [4.69, 9.17) is 11.6 Å². The third-order valence-corrected chi connectivity index (χ3v) is 6.52. The van der Waals surface area contributed by atoms with Crippen molar-refractivity contribution >= 4 is 29.0 Å². The molecule has 0 bridgehead atoms. The van der Waals surface area contributed by atoms with Gasteiger partial charge in [0.25, 0.3) is 11.8 Å². The fourth-order valence-corrected chi connectivity index (χ4v) is 4.84. The van der Waals surface area contributed by atoms with Crippen LogP contribution in [0.1, 0.15) is 37.7 Å². The van der Waals surface area contributed by atoms with Crippen molar-refractivity contribution in [2.75, 3.05) is 39.3 Å². The second-order valence-corrected chi connectivity index (χ2v) is 8.49. The van der Waals surface area contributed by atoms with E-state index in [1.165, 1.54) is 11.3 Å². The zero-order valence-electron chi connectivity index (χ0n) is 16.6. The van der Waals surface area contributed by atoms with Crippen LogP contribution < -0.4 is 0 Å². The van der Waals surface area contributed by atoms with Crippen LogP contribution in [0.3, 0.4) is 0 Å². The third kappa shape index (κ3) is 4.06. The van der Waals surface area contributed by atoms with Crippen molar-refractivity contribution in [1.82, 2.24) is 14.7 Å². The molecule has 1 saturated carbocycles. The average Bonchev–Trinajstić information content (AvgIpc) is 3.00. The molecule has 0 radical (unpaired) electrons. The van der Waals surface area contributed by atoms with Crippen molar-refractivity contribution in [3.05, 3.63) is 40.5 Å². The molecule has 6 nitrogen and oxygen atoms in total. The lowest BCUT2D eigenvalue weighted by Gasteiger charge is -2.36. The van der Waals surface area contributed by atoms with E-state index in [1.807, 2.05) is 12.1 Å². The van der Waals surface area contributed by atoms with Crippen molar-refractivity contribution in [3.63, 3.8) is 0 Å². The largest absolute Gasteiger partial charge is 0.395 e. The van der Waals surface area contributed by atoms with E-state index in [1.54, 1.807) is 12.1 Å². The number of aliphatic hydroxyl groups is 1. The van der Waals surface area contributed by atoms with Crippen LogP contribution in [-0.2, 0) is 9.59 Å². The van der Waals surface area contributed by atoms with E-state index in [9.17, 15) is 14.7 Å². The van der Waals surface area contributed by atoms with Crippen molar-refractivity contribution in [2.45, 2.75) is 38.1 Å². The van der Waals surface area contributed by atoms with Gasteiger partial charge < -0.3 is 10.0 Å². The molecule has 0 aromatic heterocycles. The molecule has 1 aliphatic carbocycles. The summed E-state index contributed by atoms with van der Waals surface area (Å²) in [6.07, 6.45) is 5.08. The smallest absolute Gasteiger partial charge is 0.278 e. The number of hydrogen-bond donors (Lipinski definition) is 1. The molecule has 0 atom stereocenters. The van der Waals surface area contributed by atoms with Gasteiger partial charge in [0, 0.05) is 43.8 Å². The Morgan fingerprint density at radius 1 is 0.931 bits per heavy atom. The number of aliphatic hydroxyl groups excluding tert-OH is 1. The molecule has 4 rings (SSSR count). The summed E-state index contributed by atoms with van der Waals surface area (Å²) in [5, 5.41) is 9.79. The SMILES string of the molecule is O=C1C(c2ccc(Cl)cc2)=C(N2CCN(CCO)CC2)C(=O)N1C1CCCCC1. The number of hydrogen-bond acceptors (Lipinski definition) is 5. The summed E-state index contributed by atoms with van der Waals surface area (Å²) in [6, 6.07) is 7.19. The van der Waals surface area contributed by atoms with Crippen LogP contribution >= 0.6 is 11.6 Å². The summed E-state index contributed by atoms with van der Waals surface area (Å²) in [4.78, 5) is 32.7. The minimum Gasteiger partial charge on any atom is -0.395 e.